The minimum absolute atomic E-state index is 0.0720. The highest BCUT2D eigenvalue weighted by Gasteiger charge is 2.19. The number of carbonyl (C=O) groups excluding carboxylic acids is 2. The van der Waals surface area contributed by atoms with Crippen molar-refractivity contribution in [2.24, 2.45) is 5.73 Å². The second-order valence-electron chi connectivity index (χ2n) is 7.15. The maximum Gasteiger partial charge on any atom is 0.256 e. The van der Waals surface area contributed by atoms with Gasteiger partial charge in [-0.05, 0) is 43.3 Å². The van der Waals surface area contributed by atoms with Crippen molar-refractivity contribution in [3.05, 3.63) is 53.6 Å². The third-order valence-corrected chi connectivity index (χ3v) is 4.86. The number of para-hydroxylation sites is 1. The Morgan fingerprint density at radius 2 is 2.00 bits per heavy atom. The van der Waals surface area contributed by atoms with Gasteiger partial charge >= 0.3 is 0 Å². The summed E-state index contributed by atoms with van der Waals surface area (Å²) in [6.07, 6.45) is -0.349. The molecule has 0 aliphatic heterocycles. The first-order valence-corrected chi connectivity index (χ1v) is 10.2. The molecule has 0 aliphatic rings. The van der Waals surface area contributed by atoms with E-state index in [9.17, 15) is 14.7 Å². The molecule has 0 radical (unpaired) electrons. The molecule has 1 atom stereocenters. The topological polar surface area (TPSA) is 152 Å². The highest BCUT2D eigenvalue weighted by Crippen LogP contribution is 2.25. The SMILES string of the molecule is COc1ccc(C(=O)Nc2nn(CC(O)CO)c3ccccc23)cc1C(=O)NCCCN. The van der Waals surface area contributed by atoms with Crippen LogP contribution in [0.3, 0.4) is 0 Å². The van der Waals surface area contributed by atoms with Crippen LogP contribution in [-0.4, -0.2) is 64.7 Å². The van der Waals surface area contributed by atoms with E-state index in [1.807, 2.05) is 12.1 Å². The Labute approximate surface area is 185 Å². The molecule has 0 saturated heterocycles. The molecule has 10 nitrogen and oxygen atoms in total. The minimum atomic E-state index is -0.983. The van der Waals surface area contributed by atoms with E-state index in [2.05, 4.69) is 15.7 Å². The first-order chi connectivity index (χ1) is 15.5. The average Bonchev–Trinajstić information content (AvgIpc) is 3.15. The van der Waals surface area contributed by atoms with E-state index in [0.717, 1.165) is 0 Å². The molecule has 0 spiro atoms. The van der Waals surface area contributed by atoms with Gasteiger partial charge in [0.1, 0.15) is 5.75 Å². The number of nitrogens with zero attached hydrogens (tertiary/aromatic N) is 2. The predicted molar refractivity (Wildman–Crippen MR) is 120 cm³/mol. The number of ether oxygens (including phenoxy) is 1. The van der Waals surface area contributed by atoms with Crippen molar-refractivity contribution >= 4 is 28.5 Å². The highest BCUT2D eigenvalue weighted by atomic mass is 16.5. The smallest absolute Gasteiger partial charge is 0.256 e. The van der Waals surface area contributed by atoms with Crippen molar-refractivity contribution in [1.29, 1.82) is 0 Å². The zero-order valence-corrected chi connectivity index (χ0v) is 17.7. The minimum Gasteiger partial charge on any atom is -0.496 e. The Morgan fingerprint density at radius 1 is 1.22 bits per heavy atom. The average molecular weight is 441 g/mol. The summed E-state index contributed by atoms with van der Waals surface area (Å²) in [6, 6.07) is 11.8. The van der Waals surface area contributed by atoms with Crippen LogP contribution >= 0.6 is 0 Å². The summed E-state index contributed by atoms with van der Waals surface area (Å²) >= 11 is 0. The van der Waals surface area contributed by atoms with Gasteiger partial charge in [0.25, 0.3) is 11.8 Å². The molecule has 0 fully saturated rings. The normalized spacial score (nSPS) is 11.9. The van der Waals surface area contributed by atoms with Crippen molar-refractivity contribution in [3.63, 3.8) is 0 Å². The summed E-state index contributed by atoms with van der Waals surface area (Å²) < 4.78 is 6.78. The zero-order chi connectivity index (χ0) is 23.1. The van der Waals surface area contributed by atoms with E-state index in [0.29, 0.717) is 42.0 Å². The van der Waals surface area contributed by atoms with E-state index in [-0.39, 0.29) is 23.6 Å². The number of rotatable bonds is 10. The van der Waals surface area contributed by atoms with Crippen LogP contribution in [0, 0.1) is 0 Å². The first kappa shape index (κ1) is 23.2. The molecule has 3 rings (SSSR count). The Kier molecular flexibility index (Phi) is 7.77. The highest BCUT2D eigenvalue weighted by molar-refractivity contribution is 6.09. The summed E-state index contributed by atoms with van der Waals surface area (Å²) in [5, 5.41) is 29.5. The predicted octanol–water partition coefficient (Wildman–Crippen LogP) is 0.729. The van der Waals surface area contributed by atoms with Crippen LogP contribution < -0.4 is 21.1 Å². The molecule has 2 aromatic carbocycles. The van der Waals surface area contributed by atoms with Crippen LogP contribution in [0.4, 0.5) is 5.82 Å². The number of nitrogens with two attached hydrogens (primary N) is 1. The van der Waals surface area contributed by atoms with Gasteiger partial charge in [0.05, 0.1) is 37.4 Å². The van der Waals surface area contributed by atoms with Gasteiger partial charge in [-0.3, -0.25) is 14.3 Å². The standard InChI is InChI=1S/C22H27N5O5/c1-32-19-8-7-14(11-17(19)22(31)24-10-4-9-23)21(30)25-20-16-5-2-3-6-18(16)27(26-20)12-15(29)13-28/h2-3,5-8,11,15,28-29H,4,9-10,12-13,23H2,1H3,(H,24,31)(H,25,26,30). The Hall–Kier alpha value is -3.47. The van der Waals surface area contributed by atoms with Crippen molar-refractivity contribution in [3.8, 4) is 5.75 Å². The molecular formula is C22H27N5O5. The molecule has 0 aliphatic carbocycles. The van der Waals surface area contributed by atoms with Crippen molar-refractivity contribution in [2.45, 2.75) is 19.1 Å². The lowest BCUT2D eigenvalue weighted by Gasteiger charge is -2.11. The maximum absolute atomic E-state index is 12.9. The maximum atomic E-state index is 12.9. The van der Waals surface area contributed by atoms with Gasteiger partial charge in [-0.2, -0.15) is 5.10 Å². The number of hydrogen-bond donors (Lipinski definition) is 5. The fourth-order valence-corrected chi connectivity index (χ4v) is 3.22. The van der Waals surface area contributed by atoms with Gasteiger partial charge in [-0.15, -0.1) is 0 Å². The van der Waals surface area contributed by atoms with Crippen LogP contribution in [0.2, 0.25) is 0 Å². The van der Waals surface area contributed by atoms with Gasteiger partial charge in [0.2, 0.25) is 0 Å². The molecule has 1 unspecified atom stereocenters. The summed E-state index contributed by atoms with van der Waals surface area (Å²) in [7, 11) is 1.45. The molecule has 10 heteroatoms. The fraction of sp³-hybridized carbons (Fsp3) is 0.318. The lowest BCUT2D eigenvalue weighted by Crippen LogP contribution is -2.26. The van der Waals surface area contributed by atoms with Crippen LogP contribution in [0.15, 0.2) is 42.5 Å². The van der Waals surface area contributed by atoms with E-state index in [4.69, 9.17) is 15.6 Å². The van der Waals surface area contributed by atoms with Crippen LogP contribution in [0.1, 0.15) is 27.1 Å². The molecular weight excluding hydrogens is 414 g/mol. The molecule has 3 aromatic rings. The second kappa shape index (κ2) is 10.7. The number of aliphatic hydroxyl groups is 2. The molecule has 170 valence electrons. The monoisotopic (exact) mass is 441 g/mol. The van der Waals surface area contributed by atoms with Gasteiger partial charge in [-0.25, -0.2) is 0 Å². The Bertz CT molecular complexity index is 1100. The largest absolute Gasteiger partial charge is 0.496 e. The lowest BCUT2D eigenvalue weighted by atomic mass is 10.1. The molecule has 1 heterocycles. The zero-order valence-electron chi connectivity index (χ0n) is 17.7. The van der Waals surface area contributed by atoms with E-state index < -0.39 is 18.6 Å². The molecule has 1 aromatic heterocycles. The van der Waals surface area contributed by atoms with E-state index in [1.54, 1.807) is 24.3 Å². The summed E-state index contributed by atoms with van der Waals surface area (Å²) in [6.45, 7) is 0.536. The van der Waals surface area contributed by atoms with E-state index in [1.165, 1.54) is 17.9 Å². The van der Waals surface area contributed by atoms with Crippen molar-refractivity contribution in [1.82, 2.24) is 15.1 Å². The van der Waals surface area contributed by atoms with Gasteiger partial charge in [-0.1, -0.05) is 12.1 Å². The number of carbonyl (C=O) groups is 2. The van der Waals surface area contributed by atoms with Crippen LogP contribution in [-0.2, 0) is 6.54 Å². The Balaban J connectivity index is 1.86. The number of benzene rings is 2. The number of aliphatic hydroxyl groups excluding tert-OH is 2. The number of amides is 2. The first-order valence-electron chi connectivity index (χ1n) is 10.2. The Morgan fingerprint density at radius 3 is 2.72 bits per heavy atom. The molecule has 2 amide bonds. The summed E-state index contributed by atoms with van der Waals surface area (Å²) in [5.74, 6) is -0.167. The molecule has 6 N–H and O–H groups in total. The summed E-state index contributed by atoms with van der Waals surface area (Å²) in [5.41, 5.74) is 6.65. The number of methoxy groups -OCH3 is 1. The third-order valence-electron chi connectivity index (χ3n) is 4.86. The number of anilines is 1. The van der Waals surface area contributed by atoms with E-state index >= 15 is 0 Å². The van der Waals surface area contributed by atoms with Gasteiger partial charge in [0, 0.05) is 17.5 Å². The fourth-order valence-electron chi connectivity index (χ4n) is 3.22. The van der Waals surface area contributed by atoms with Crippen LogP contribution in [0.5, 0.6) is 5.75 Å². The molecule has 0 saturated carbocycles. The lowest BCUT2D eigenvalue weighted by molar-refractivity contribution is 0.0794. The third kappa shape index (κ3) is 5.22. The van der Waals surface area contributed by atoms with Crippen molar-refractivity contribution in [2.75, 3.05) is 32.1 Å². The van der Waals surface area contributed by atoms with Crippen LogP contribution in [0.25, 0.3) is 10.9 Å². The van der Waals surface area contributed by atoms with Crippen molar-refractivity contribution < 1.29 is 24.5 Å². The summed E-state index contributed by atoms with van der Waals surface area (Å²) in [4.78, 5) is 25.5. The number of nitrogens with one attached hydrogen (secondary N) is 2. The molecule has 0 bridgehead atoms. The van der Waals surface area contributed by atoms with Gasteiger partial charge in [0.15, 0.2) is 5.82 Å². The number of hydrogen-bond acceptors (Lipinski definition) is 7. The number of fused-ring (bicyclic) bond motifs is 1. The second-order valence-corrected chi connectivity index (χ2v) is 7.15. The quantitative estimate of drug-likeness (QED) is 0.291. The molecule has 32 heavy (non-hydrogen) atoms. The van der Waals surface area contributed by atoms with Gasteiger partial charge < -0.3 is 31.3 Å². The number of aromatic nitrogens is 2.